The number of nitrogens with one attached hydrogen (secondary N) is 2. The number of fused-ring (bicyclic) bond motifs is 1. The Bertz CT molecular complexity index is 790. The summed E-state index contributed by atoms with van der Waals surface area (Å²) in [4.78, 5) is 22.7. The molecule has 152 valence electrons. The number of nitrogens with zero attached hydrogens (tertiary/aromatic N) is 3. The molecule has 0 aliphatic carbocycles. The molecule has 1 aliphatic heterocycles. The summed E-state index contributed by atoms with van der Waals surface area (Å²) >= 11 is 0. The summed E-state index contributed by atoms with van der Waals surface area (Å²) in [5.74, 6) is 1.12. The van der Waals surface area contributed by atoms with Gasteiger partial charge in [0.05, 0.1) is 5.52 Å². The van der Waals surface area contributed by atoms with E-state index in [0.29, 0.717) is 6.42 Å². The molecule has 1 aromatic carbocycles. The zero-order chi connectivity index (χ0) is 18.9. The second kappa shape index (κ2) is 11.8. The molecule has 28 heavy (non-hydrogen) atoms. The summed E-state index contributed by atoms with van der Waals surface area (Å²) in [5.41, 5.74) is 2.31. The largest absolute Gasteiger partial charge is 0.357 e. The van der Waals surface area contributed by atoms with Crippen LogP contribution in [0.5, 0.6) is 0 Å². The minimum absolute atomic E-state index is 0. The van der Waals surface area contributed by atoms with Crippen molar-refractivity contribution in [2.75, 3.05) is 32.7 Å². The van der Waals surface area contributed by atoms with E-state index in [1.54, 1.807) is 0 Å². The molecule has 1 aliphatic rings. The second-order valence-electron chi connectivity index (χ2n) is 6.77. The number of likely N-dealkylation sites (tertiary alicyclic amines) is 1. The van der Waals surface area contributed by atoms with Gasteiger partial charge < -0.3 is 15.5 Å². The minimum atomic E-state index is 0. The molecule has 2 aromatic rings. The Balaban J connectivity index is 0.00000280. The average Bonchev–Trinajstić information content (AvgIpc) is 3.10. The summed E-state index contributed by atoms with van der Waals surface area (Å²) in [6.07, 6.45) is 5.33. The van der Waals surface area contributed by atoms with Crippen molar-refractivity contribution in [3.63, 3.8) is 0 Å². The topological polar surface area (TPSA) is 69.6 Å². The van der Waals surface area contributed by atoms with Crippen LogP contribution in [0.1, 0.15) is 31.7 Å². The fourth-order valence-electron chi connectivity index (χ4n) is 3.42. The lowest BCUT2D eigenvalue weighted by Gasteiger charge is -2.15. The number of carbonyl (C=O) groups is 1. The number of para-hydroxylation sites is 1. The van der Waals surface area contributed by atoms with Crippen LogP contribution >= 0.6 is 24.0 Å². The van der Waals surface area contributed by atoms with Crippen molar-refractivity contribution in [1.82, 2.24) is 20.5 Å². The van der Waals surface area contributed by atoms with E-state index in [1.165, 1.54) is 10.9 Å². The lowest BCUT2D eigenvalue weighted by molar-refractivity contribution is -0.127. The standard InChI is InChI=1S/C21H29N5O.HI/c1-2-22-21(24-13-6-16-26-15-5-10-19(26)27)25-14-11-18-8-3-7-17-9-4-12-23-20(17)18;/h3-4,7-9,12H,2,5-6,10-11,13-16H2,1H3,(H2,22,24,25);1H. The molecule has 6 nitrogen and oxygen atoms in total. The van der Waals surface area contributed by atoms with Gasteiger partial charge in [-0.2, -0.15) is 0 Å². The highest BCUT2D eigenvalue weighted by Gasteiger charge is 2.18. The Morgan fingerprint density at radius 2 is 2.11 bits per heavy atom. The number of aromatic nitrogens is 1. The van der Waals surface area contributed by atoms with Crippen molar-refractivity contribution in [3.05, 3.63) is 42.1 Å². The summed E-state index contributed by atoms with van der Waals surface area (Å²) in [5, 5.41) is 7.86. The molecular weight excluding hydrogens is 465 g/mol. The van der Waals surface area contributed by atoms with Gasteiger partial charge in [-0.25, -0.2) is 0 Å². The Hall–Kier alpha value is -1.90. The van der Waals surface area contributed by atoms with Gasteiger partial charge in [-0.1, -0.05) is 24.3 Å². The minimum Gasteiger partial charge on any atom is -0.357 e. The highest BCUT2D eigenvalue weighted by atomic mass is 127. The van der Waals surface area contributed by atoms with E-state index in [4.69, 9.17) is 0 Å². The first kappa shape index (κ1) is 22.4. The Morgan fingerprint density at radius 1 is 1.25 bits per heavy atom. The van der Waals surface area contributed by atoms with E-state index in [9.17, 15) is 4.79 Å². The van der Waals surface area contributed by atoms with E-state index >= 15 is 0 Å². The van der Waals surface area contributed by atoms with Crippen LogP contribution in [0.2, 0.25) is 0 Å². The van der Waals surface area contributed by atoms with Gasteiger partial charge in [0.15, 0.2) is 5.96 Å². The van der Waals surface area contributed by atoms with Crippen molar-refractivity contribution in [1.29, 1.82) is 0 Å². The van der Waals surface area contributed by atoms with Gasteiger partial charge in [-0.3, -0.25) is 14.8 Å². The Kier molecular flexibility index (Phi) is 9.46. The molecule has 0 unspecified atom stereocenters. The number of halogens is 1. The molecule has 1 aromatic heterocycles. The first-order valence-corrected chi connectivity index (χ1v) is 9.90. The zero-order valence-corrected chi connectivity index (χ0v) is 18.8. The SMILES string of the molecule is CCNC(=NCCCN1CCCC1=O)NCCc1cccc2cccnc12.I. The van der Waals surface area contributed by atoms with E-state index < -0.39 is 0 Å². The van der Waals surface area contributed by atoms with Gasteiger partial charge in [0, 0.05) is 50.7 Å². The number of hydrogen-bond acceptors (Lipinski definition) is 3. The van der Waals surface area contributed by atoms with E-state index in [1.807, 2.05) is 17.2 Å². The zero-order valence-electron chi connectivity index (χ0n) is 16.5. The first-order valence-electron chi connectivity index (χ1n) is 9.90. The fourth-order valence-corrected chi connectivity index (χ4v) is 3.42. The lowest BCUT2D eigenvalue weighted by Crippen LogP contribution is -2.38. The van der Waals surface area contributed by atoms with Crippen LogP contribution in [0.25, 0.3) is 10.9 Å². The maximum absolute atomic E-state index is 11.6. The Morgan fingerprint density at radius 3 is 2.89 bits per heavy atom. The molecule has 2 N–H and O–H groups in total. The van der Waals surface area contributed by atoms with Gasteiger partial charge in [0.1, 0.15) is 0 Å². The molecule has 0 spiro atoms. The van der Waals surface area contributed by atoms with E-state index in [2.05, 4.69) is 51.8 Å². The number of rotatable bonds is 8. The maximum Gasteiger partial charge on any atom is 0.222 e. The first-order chi connectivity index (χ1) is 13.3. The van der Waals surface area contributed by atoms with Crippen LogP contribution in [-0.2, 0) is 11.2 Å². The fraction of sp³-hybridized carbons (Fsp3) is 0.476. The third-order valence-electron chi connectivity index (χ3n) is 4.77. The summed E-state index contributed by atoms with van der Waals surface area (Å²) in [6, 6.07) is 10.4. The number of amides is 1. The van der Waals surface area contributed by atoms with Crippen molar-refractivity contribution in [3.8, 4) is 0 Å². The van der Waals surface area contributed by atoms with Gasteiger partial charge in [-0.15, -0.1) is 24.0 Å². The smallest absolute Gasteiger partial charge is 0.222 e. The summed E-state index contributed by atoms with van der Waals surface area (Å²) in [6.45, 7) is 6.12. The number of guanidine groups is 1. The lowest BCUT2D eigenvalue weighted by atomic mass is 10.1. The molecule has 3 rings (SSSR count). The molecule has 1 saturated heterocycles. The van der Waals surface area contributed by atoms with E-state index in [0.717, 1.165) is 63.5 Å². The molecule has 0 atom stereocenters. The number of carbonyl (C=O) groups excluding carboxylic acids is 1. The Labute approximate surface area is 184 Å². The van der Waals surface area contributed by atoms with Gasteiger partial charge in [-0.05, 0) is 37.8 Å². The van der Waals surface area contributed by atoms with Crippen LogP contribution in [0.15, 0.2) is 41.5 Å². The normalized spacial score (nSPS) is 14.2. The molecule has 7 heteroatoms. The van der Waals surface area contributed by atoms with Crippen LogP contribution in [0, 0.1) is 0 Å². The van der Waals surface area contributed by atoms with Gasteiger partial charge in [0.25, 0.3) is 0 Å². The molecule has 1 fully saturated rings. The molecule has 0 saturated carbocycles. The van der Waals surface area contributed by atoms with E-state index in [-0.39, 0.29) is 29.9 Å². The molecular formula is C21H30IN5O. The predicted molar refractivity (Wildman–Crippen MR) is 125 cm³/mol. The molecule has 2 heterocycles. The van der Waals surface area contributed by atoms with Crippen molar-refractivity contribution in [2.24, 2.45) is 4.99 Å². The quantitative estimate of drug-likeness (QED) is 0.256. The molecule has 0 bridgehead atoms. The second-order valence-corrected chi connectivity index (χ2v) is 6.77. The van der Waals surface area contributed by atoms with Crippen LogP contribution in [-0.4, -0.2) is 54.5 Å². The summed E-state index contributed by atoms with van der Waals surface area (Å²) < 4.78 is 0. The van der Waals surface area contributed by atoms with Crippen molar-refractivity contribution >= 4 is 46.7 Å². The van der Waals surface area contributed by atoms with Crippen molar-refractivity contribution < 1.29 is 4.79 Å². The third-order valence-corrected chi connectivity index (χ3v) is 4.77. The maximum atomic E-state index is 11.6. The average molecular weight is 495 g/mol. The van der Waals surface area contributed by atoms with Gasteiger partial charge in [0.2, 0.25) is 5.91 Å². The van der Waals surface area contributed by atoms with Crippen LogP contribution in [0.3, 0.4) is 0 Å². The molecule has 1 amide bonds. The summed E-state index contributed by atoms with van der Waals surface area (Å²) in [7, 11) is 0. The van der Waals surface area contributed by atoms with Gasteiger partial charge >= 0.3 is 0 Å². The van der Waals surface area contributed by atoms with Crippen molar-refractivity contribution in [2.45, 2.75) is 32.6 Å². The number of aliphatic imine (C=N–C) groups is 1. The molecule has 0 radical (unpaired) electrons. The number of benzene rings is 1. The third kappa shape index (κ3) is 6.32. The van der Waals surface area contributed by atoms with Crippen LogP contribution < -0.4 is 10.6 Å². The predicted octanol–water partition coefficient (Wildman–Crippen LogP) is 2.96. The number of hydrogen-bond donors (Lipinski definition) is 2. The van der Waals surface area contributed by atoms with Crippen LogP contribution in [0.4, 0.5) is 0 Å². The monoisotopic (exact) mass is 495 g/mol. The highest BCUT2D eigenvalue weighted by molar-refractivity contribution is 14.0. The highest BCUT2D eigenvalue weighted by Crippen LogP contribution is 2.16. The number of pyridine rings is 1.